The Hall–Kier alpha value is -1.94. The third-order valence-electron chi connectivity index (χ3n) is 2.69. The van der Waals surface area contributed by atoms with E-state index in [-0.39, 0.29) is 5.82 Å². The Morgan fingerprint density at radius 3 is 2.84 bits per heavy atom. The van der Waals surface area contributed by atoms with Crippen molar-refractivity contribution < 1.29 is 9.13 Å². The van der Waals surface area contributed by atoms with Crippen molar-refractivity contribution in [2.24, 2.45) is 0 Å². The molecule has 0 aliphatic rings. The van der Waals surface area contributed by atoms with E-state index in [4.69, 9.17) is 4.74 Å². The Morgan fingerprint density at radius 1 is 1.26 bits per heavy atom. The maximum absolute atomic E-state index is 13.0. The van der Waals surface area contributed by atoms with Crippen molar-refractivity contribution in [1.82, 2.24) is 10.3 Å². The monoisotopic (exact) mass is 260 g/mol. The zero-order chi connectivity index (χ0) is 13.7. The molecule has 0 fully saturated rings. The lowest BCUT2D eigenvalue weighted by molar-refractivity contribution is 0.454. The maximum Gasteiger partial charge on any atom is 0.219 e. The number of hydrogen-bond acceptors (Lipinski definition) is 3. The zero-order valence-corrected chi connectivity index (χ0v) is 11.1. The number of ether oxygens (including phenoxy) is 1. The third-order valence-corrected chi connectivity index (χ3v) is 2.69. The highest BCUT2D eigenvalue weighted by molar-refractivity contribution is 5.35. The van der Waals surface area contributed by atoms with Gasteiger partial charge in [0.05, 0.1) is 5.69 Å². The molecule has 0 aliphatic carbocycles. The average molecular weight is 260 g/mol. The summed E-state index contributed by atoms with van der Waals surface area (Å²) < 4.78 is 18.7. The van der Waals surface area contributed by atoms with Crippen molar-refractivity contribution >= 4 is 0 Å². The molecule has 0 unspecified atom stereocenters. The summed E-state index contributed by atoms with van der Waals surface area (Å²) in [5, 5.41) is 3.21. The molecule has 19 heavy (non-hydrogen) atoms. The normalized spacial score (nSPS) is 10.5. The molecule has 1 heterocycles. The summed E-state index contributed by atoms with van der Waals surface area (Å²) in [7, 11) is 0. The van der Waals surface area contributed by atoms with Gasteiger partial charge in [0.25, 0.3) is 0 Å². The van der Waals surface area contributed by atoms with Crippen LogP contribution in [0.4, 0.5) is 4.39 Å². The summed E-state index contributed by atoms with van der Waals surface area (Å²) in [6, 6.07) is 10.1. The Labute approximate surface area is 112 Å². The number of pyridine rings is 1. The molecule has 2 rings (SSSR count). The molecule has 0 spiro atoms. The smallest absolute Gasteiger partial charge is 0.219 e. The standard InChI is InChI=1S/C15H17FN2O/c1-3-17-10-13-5-4-6-15(18-13)19-14-8-7-12(16)9-11(14)2/h4-9,17H,3,10H2,1-2H3. The quantitative estimate of drug-likeness (QED) is 0.894. The lowest BCUT2D eigenvalue weighted by Gasteiger charge is -2.09. The highest BCUT2D eigenvalue weighted by Crippen LogP contribution is 2.24. The summed E-state index contributed by atoms with van der Waals surface area (Å²) in [6.45, 7) is 5.45. The molecule has 1 aromatic heterocycles. The summed E-state index contributed by atoms with van der Waals surface area (Å²) in [5.41, 5.74) is 1.66. The topological polar surface area (TPSA) is 34.1 Å². The largest absolute Gasteiger partial charge is 0.439 e. The molecule has 2 aromatic rings. The maximum atomic E-state index is 13.0. The van der Waals surface area contributed by atoms with Gasteiger partial charge < -0.3 is 10.1 Å². The number of aromatic nitrogens is 1. The molecule has 0 bridgehead atoms. The molecule has 3 nitrogen and oxygen atoms in total. The molecule has 0 radical (unpaired) electrons. The Bertz CT molecular complexity index is 558. The van der Waals surface area contributed by atoms with Gasteiger partial charge in [-0.25, -0.2) is 9.37 Å². The molecule has 1 aromatic carbocycles. The molecule has 100 valence electrons. The second-order valence-electron chi connectivity index (χ2n) is 4.26. The fourth-order valence-electron chi connectivity index (χ4n) is 1.71. The number of aryl methyl sites for hydroxylation is 1. The second-order valence-corrected chi connectivity index (χ2v) is 4.26. The minimum Gasteiger partial charge on any atom is -0.439 e. The first-order chi connectivity index (χ1) is 9.19. The number of hydrogen-bond donors (Lipinski definition) is 1. The predicted molar refractivity (Wildman–Crippen MR) is 72.8 cm³/mol. The second kappa shape index (κ2) is 6.29. The minimum atomic E-state index is -0.265. The molecule has 1 N–H and O–H groups in total. The van der Waals surface area contributed by atoms with Gasteiger partial charge >= 0.3 is 0 Å². The van der Waals surface area contributed by atoms with E-state index in [9.17, 15) is 4.39 Å². The van der Waals surface area contributed by atoms with Gasteiger partial charge in [-0.05, 0) is 43.3 Å². The van der Waals surface area contributed by atoms with Crippen LogP contribution in [0.5, 0.6) is 11.6 Å². The average Bonchev–Trinajstić information content (AvgIpc) is 2.40. The summed E-state index contributed by atoms with van der Waals surface area (Å²) in [5.74, 6) is 0.873. The molecule has 0 aliphatic heterocycles. The van der Waals surface area contributed by atoms with E-state index in [0.717, 1.165) is 17.8 Å². The van der Waals surface area contributed by atoms with Crippen molar-refractivity contribution in [2.45, 2.75) is 20.4 Å². The fourth-order valence-corrected chi connectivity index (χ4v) is 1.71. The number of benzene rings is 1. The van der Waals surface area contributed by atoms with Crippen molar-refractivity contribution in [1.29, 1.82) is 0 Å². The number of nitrogens with one attached hydrogen (secondary N) is 1. The predicted octanol–water partition coefficient (Wildman–Crippen LogP) is 3.43. The van der Waals surface area contributed by atoms with E-state index in [1.807, 2.05) is 19.1 Å². The van der Waals surface area contributed by atoms with Gasteiger partial charge in [0, 0.05) is 12.6 Å². The van der Waals surface area contributed by atoms with Gasteiger partial charge in [-0.2, -0.15) is 0 Å². The number of halogens is 1. The molecule has 0 saturated carbocycles. The fraction of sp³-hybridized carbons (Fsp3) is 0.267. The van der Waals surface area contributed by atoms with Crippen LogP contribution < -0.4 is 10.1 Å². The number of rotatable bonds is 5. The minimum absolute atomic E-state index is 0.265. The Morgan fingerprint density at radius 2 is 2.11 bits per heavy atom. The molecule has 4 heteroatoms. The van der Waals surface area contributed by atoms with Gasteiger partial charge in [-0.15, -0.1) is 0 Å². The highest BCUT2D eigenvalue weighted by Gasteiger charge is 2.04. The van der Waals surface area contributed by atoms with Crippen molar-refractivity contribution in [3.63, 3.8) is 0 Å². The zero-order valence-electron chi connectivity index (χ0n) is 11.1. The lowest BCUT2D eigenvalue weighted by atomic mass is 10.2. The SMILES string of the molecule is CCNCc1cccc(Oc2ccc(F)cc2C)n1. The molecular weight excluding hydrogens is 243 g/mol. The first-order valence-electron chi connectivity index (χ1n) is 6.29. The first-order valence-corrected chi connectivity index (χ1v) is 6.29. The van der Waals surface area contributed by atoms with Crippen LogP contribution in [0.2, 0.25) is 0 Å². The first kappa shape index (κ1) is 13.5. The van der Waals surface area contributed by atoms with Crippen LogP contribution in [0.25, 0.3) is 0 Å². The van der Waals surface area contributed by atoms with E-state index >= 15 is 0 Å². The summed E-state index contributed by atoms with van der Waals surface area (Å²) in [4.78, 5) is 4.39. The van der Waals surface area contributed by atoms with Crippen molar-refractivity contribution in [2.75, 3.05) is 6.54 Å². The van der Waals surface area contributed by atoms with Gasteiger partial charge in [-0.3, -0.25) is 0 Å². The van der Waals surface area contributed by atoms with Gasteiger partial charge in [-0.1, -0.05) is 13.0 Å². The Balaban J connectivity index is 2.14. The van der Waals surface area contributed by atoms with Crippen molar-refractivity contribution in [3.8, 4) is 11.6 Å². The van der Waals surface area contributed by atoms with Gasteiger partial charge in [0.1, 0.15) is 11.6 Å². The lowest BCUT2D eigenvalue weighted by Crippen LogP contribution is -2.12. The van der Waals surface area contributed by atoms with E-state index in [1.165, 1.54) is 12.1 Å². The van der Waals surface area contributed by atoms with Crippen LogP contribution >= 0.6 is 0 Å². The van der Waals surface area contributed by atoms with Crippen LogP contribution in [0.1, 0.15) is 18.2 Å². The van der Waals surface area contributed by atoms with Crippen LogP contribution in [0, 0.1) is 12.7 Å². The van der Waals surface area contributed by atoms with Crippen molar-refractivity contribution in [3.05, 3.63) is 53.5 Å². The van der Waals surface area contributed by atoms with E-state index in [0.29, 0.717) is 18.2 Å². The third kappa shape index (κ3) is 3.76. The molecule has 0 amide bonds. The summed E-state index contributed by atoms with van der Waals surface area (Å²) >= 11 is 0. The van der Waals surface area contributed by atoms with Crippen LogP contribution in [-0.4, -0.2) is 11.5 Å². The molecule has 0 atom stereocenters. The van der Waals surface area contributed by atoms with Gasteiger partial charge in [0.2, 0.25) is 5.88 Å². The van der Waals surface area contributed by atoms with Gasteiger partial charge in [0.15, 0.2) is 0 Å². The molecular formula is C15H17FN2O. The Kier molecular flexibility index (Phi) is 4.47. The highest BCUT2D eigenvalue weighted by atomic mass is 19.1. The van der Waals surface area contributed by atoms with E-state index in [1.54, 1.807) is 19.1 Å². The van der Waals surface area contributed by atoms with Crippen LogP contribution in [-0.2, 0) is 6.54 Å². The molecule has 0 saturated heterocycles. The van der Waals surface area contributed by atoms with E-state index < -0.39 is 0 Å². The summed E-state index contributed by atoms with van der Waals surface area (Å²) in [6.07, 6.45) is 0. The number of nitrogens with zero attached hydrogens (tertiary/aromatic N) is 1. The van der Waals surface area contributed by atoms with Crippen LogP contribution in [0.3, 0.4) is 0 Å². The van der Waals surface area contributed by atoms with E-state index in [2.05, 4.69) is 10.3 Å². The van der Waals surface area contributed by atoms with Crippen LogP contribution in [0.15, 0.2) is 36.4 Å².